The molecule has 0 fully saturated rings. The van der Waals surface area contributed by atoms with Crippen molar-refractivity contribution in [1.29, 1.82) is 5.26 Å². The van der Waals surface area contributed by atoms with Gasteiger partial charge in [0.1, 0.15) is 23.9 Å². The molecule has 1 unspecified atom stereocenters. The van der Waals surface area contributed by atoms with Gasteiger partial charge in [0.25, 0.3) is 0 Å². The summed E-state index contributed by atoms with van der Waals surface area (Å²) in [5.74, 6) is 2.61. The lowest BCUT2D eigenvalue weighted by Gasteiger charge is -2.14. The number of benzene rings is 3. The first-order chi connectivity index (χ1) is 17.2. The van der Waals surface area contributed by atoms with Gasteiger partial charge in [-0.05, 0) is 61.0 Å². The highest BCUT2D eigenvalue weighted by Gasteiger charge is 2.17. The first-order valence-corrected chi connectivity index (χ1v) is 12.3. The Kier molecular flexibility index (Phi) is 8.39. The Morgan fingerprint density at radius 2 is 1.63 bits per heavy atom. The van der Waals surface area contributed by atoms with Crippen molar-refractivity contribution in [2.24, 2.45) is 0 Å². The van der Waals surface area contributed by atoms with Crippen molar-refractivity contribution in [3.05, 3.63) is 95.8 Å². The van der Waals surface area contributed by atoms with Gasteiger partial charge < -0.3 is 14.6 Å². The van der Waals surface area contributed by atoms with Gasteiger partial charge in [-0.3, -0.25) is 4.57 Å². The minimum absolute atomic E-state index is 0.132. The zero-order chi connectivity index (χ0) is 24.5. The average molecular weight is 487 g/mol. The predicted octanol–water partition coefficient (Wildman–Crippen LogP) is 4.66. The van der Waals surface area contributed by atoms with Crippen LogP contribution in [-0.4, -0.2) is 44.9 Å². The van der Waals surface area contributed by atoms with E-state index in [9.17, 15) is 5.11 Å². The van der Waals surface area contributed by atoms with Crippen molar-refractivity contribution in [3.63, 3.8) is 0 Å². The molecule has 4 aromatic rings. The lowest BCUT2D eigenvalue weighted by atomic mass is 10.1. The molecule has 1 N–H and O–H groups in total. The molecule has 35 heavy (non-hydrogen) atoms. The van der Waals surface area contributed by atoms with Gasteiger partial charge in [-0.15, -0.1) is 10.2 Å². The van der Waals surface area contributed by atoms with E-state index >= 15 is 0 Å². The number of rotatable bonds is 11. The maximum atomic E-state index is 10.5. The molecule has 0 saturated carbocycles. The van der Waals surface area contributed by atoms with E-state index in [-0.39, 0.29) is 6.61 Å². The van der Waals surface area contributed by atoms with Crippen molar-refractivity contribution in [3.8, 4) is 23.3 Å². The first-order valence-electron chi connectivity index (χ1n) is 11.3. The van der Waals surface area contributed by atoms with Crippen molar-refractivity contribution < 1.29 is 14.6 Å². The summed E-state index contributed by atoms with van der Waals surface area (Å²) in [5, 5.41) is 29.0. The molecule has 0 bridgehead atoms. The summed E-state index contributed by atoms with van der Waals surface area (Å²) in [7, 11) is 0. The summed E-state index contributed by atoms with van der Waals surface area (Å²) < 4.78 is 13.3. The van der Waals surface area contributed by atoms with E-state index in [0.717, 1.165) is 22.8 Å². The fourth-order valence-electron chi connectivity index (χ4n) is 3.44. The minimum atomic E-state index is -0.710. The monoisotopic (exact) mass is 486 g/mol. The molecule has 0 radical (unpaired) electrons. The molecule has 1 atom stereocenters. The highest BCUT2D eigenvalue weighted by molar-refractivity contribution is 7.99. The van der Waals surface area contributed by atoms with Crippen molar-refractivity contribution in [2.75, 3.05) is 19.0 Å². The third kappa shape index (κ3) is 6.63. The van der Waals surface area contributed by atoms with E-state index in [1.165, 1.54) is 11.8 Å². The number of hydrogen-bond acceptors (Lipinski definition) is 7. The van der Waals surface area contributed by atoms with Crippen LogP contribution in [0.1, 0.15) is 23.9 Å². The number of nitrogens with zero attached hydrogens (tertiary/aromatic N) is 4. The second-order valence-corrected chi connectivity index (χ2v) is 8.72. The van der Waals surface area contributed by atoms with Crippen LogP contribution in [0.4, 0.5) is 0 Å². The molecule has 178 valence electrons. The summed E-state index contributed by atoms with van der Waals surface area (Å²) in [6, 6.07) is 26.8. The van der Waals surface area contributed by atoms with E-state index in [4.69, 9.17) is 14.7 Å². The van der Waals surface area contributed by atoms with Crippen LogP contribution in [0.25, 0.3) is 5.69 Å². The molecular formula is C27H26N4O3S. The Morgan fingerprint density at radius 1 is 0.943 bits per heavy atom. The number of thioether (sulfide) groups is 1. The third-order valence-corrected chi connectivity index (χ3v) is 6.22. The summed E-state index contributed by atoms with van der Waals surface area (Å²) >= 11 is 1.42. The Morgan fingerprint density at radius 3 is 2.31 bits per heavy atom. The third-order valence-electron chi connectivity index (χ3n) is 5.14. The molecule has 0 saturated heterocycles. The van der Waals surface area contributed by atoms with Gasteiger partial charge in [0.05, 0.1) is 24.3 Å². The van der Waals surface area contributed by atoms with Gasteiger partial charge in [-0.2, -0.15) is 5.26 Å². The van der Waals surface area contributed by atoms with Crippen molar-refractivity contribution in [2.45, 2.75) is 24.6 Å². The number of ether oxygens (including phenoxy) is 2. The van der Waals surface area contributed by atoms with E-state index in [1.807, 2.05) is 54.0 Å². The maximum Gasteiger partial charge on any atom is 0.195 e. The van der Waals surface area contributed by atoms with Crippen LogP contribution >= 0.6 is 11.8 Å². The van der Waals surface area contributed by atoms with E-state index < -0.39 is 6.10 Å². The van der Waals surface area contributed by atoms with Gasteiger partial charge in [0.2, 0.25) is 0 Å². The van der Waals surface area contributed by atoms with Crippen molar-refractivity contribution >= 4 is 11.8 Å². The Labute approximate surface area is 209 Å². The Hall–Kier alpha value is -3.80. The van der Waals surface area contributed by atoms with Crippen LogP contribution in [0.5, 0.6) is 11.5 Å². The minimum Gasteiger partial charge on any atom is -0.494 e. The van der Waals surface area contributed by atoms with E-state index in [2.05, 4.69) is 28.4 Å². The molecular weight excluding hydrogens is 460 g/mol. The van der Waals surface area contributed by atoms with Gasteiger partial charge in [0.15, 0.2) is 5.16 Å². The second-order valence-electron chi connectivity index (χ2n) is 7.74. The predicted molar refractivity (Wildman–Crippen MR) is 135 cm³/mol. The van der Waals surface area contributed by atoms with Crippen LogP contribution in [0.2, 0.25) is 0 Å². The zero-order valence-electron chi connectivity index (χ0n) is 19.4. The molecule has 7 nitrogen and oxygen atoms in total. The SMILES string of the molecule is CCOc1ccc(-n2c(Cc3ccccc3)nnc2SCC(O)COc2ccc(C#N)cc2)cc1. The molecule has 3 aromatic carbocycles. The fraction of sp³-hybridized carbons (Fsp3) is 0.222. The molecule has 1 heterocycles. The number of hydrogen-bond donors (Lipinski definition) is 1. The highest BCUT2D eigenvalue weighted by atomic mass is 32.2. The molecule has 4 rings (SSSR count). The topological polar surface area (TPSA) is 93.2 Å². The van der Waals surface area contributed by atoms with Crippen molar-refractivity contribution in [1.82, 2.24) is 14.8 Å². The molecule has 0 aliphatic heterocycles. The van der Waals surface area contributed by atoms with Crippen LogP contribution < -0.4 is 9.47 Å². The quantitative estimate of drug-likeness (QED) is 0.308. The lowest BCUT2D eigenvalue weighted by molar-refractivity contribution is 0.126. The zero-order valence-corrected chi connectivity index (χ0v) is 20.2. The van der Waals surface area contributed by atoms with E-state index in [0.29, 0.717) is 35.2 Å². The molecule has 8 heteroatoms. The first kappa shape index (κ1) is 24.3. The van der Waals surface area contributed by atoms with Gasteiger partial charge >= 0.3 is 0 Å². The normalized spacial score (nSPS) is 11.6. The number of aliphatic hydroxyl groups is 1. The Balaban J connectivity index is 1.47. The second kappa shape index (κ2) is 12.1. The molecule has 0 spiro atoms. The number of aliphatic hydroxyl groups excluding tert-OH is 1. The average Bonchev–Trinajstić information content (AvgIpc) is 3.30. The summed E-state index contributed by atoms with van der Waals surface area (Å²) in [5.41, 5.74) is 2.63. The highest BCUT2D eigenvalue weighted by Crippen LogP contribution is 2.26. The van der Waals surface area contributed by atoms with Crippen LogP contribution in [-0.2, 0) is 6.42 Å². The van der Waals surface area contributed by atoms with Crippen LogP contribution in [0.15, 0.2) is 84.0 Å². The van der Waals surface area contributed by atoms with Crippen LogP contribution in [0.3, 0.4) is 0 Å². The number of nitriles is 1. The fourth-order valence-corrected chi connectivity index (χ4v) is 4.32. The van der Waals surface area contributed by atoms with Gasteiger partial charge in [0, 0.05) is 17.9 Å². The van der Waals surface area contributed by atoms with Gasteiger partial charge in [-0.1, -0.05) is 42.1 Å². The largest absolute Gasteiger partial charge is 0.494 e. The number of aromatic nitrogens is 3. The van der Waals surface area contributed by atoms with Crippen LogP contribution in [0, 0.1) is 11.3 Å². The molecule has 0 aliphatic carbocycles. The van der Waals surface area contributed by atoms with Gasteiger partial charge in [-0.25, -0.2) is 0 Å². The summed E-state index contributed by atoms with van der Waals surface area (Å²) in [4.78, 5) is 0. The molecule has 1 aromatic heterocycles. The summed E-state index contributed by atoms with van der Waals surface area (Å²) in [6.45, 7) is 2.69. The summed E-state index contributed by atoms with van der Waals surface area (Å²) in [6.07, 6.45) is -0.0786. The van der Waals surface area contributed by atoms with E-state index in [1.54, 1.807) is 24.3 Å². The molecule has 0 aliphatic rings. The Bertz CT molecular complexity index is 1250. The molecule has 0 amide bonds. The maximum absolute atomic E-state index is 10.5. The lowest BCUT2D eigenvalue weighted by Crippen LogP contribution is -2.20. The smallest absolute Gasteiger partial charge is 0.195 e. The standard InChI is InChI=1S/C27H26N4O3S/c1-2-33-24-14-10-22(11-15-24)31-26(16-20-6-4-3-5-7-20)29-30-27(31)35-19-23(32)18-34-25-12-8-21(17-28)9-13-25/h3-15,23,32H,2,16,18-19H2,1H3.